The summed E-state index contributed by atoms with van der Waals surface area (Å²) < 4.78 is 5.36. The van der Waals surface area contributed by atoms with E-state index in [-0.39, 0.29) is 11.9 Å². The van der Waals surface area contributed by atoms with Gasteiger partial charge in [0.15, 0.2) is 0 Å². The second-order valence-corrected chi connectivity index (χ2v) is 6.42. The fraction of sp³-hybridized carbons (Fsp3) is 0.526. The first-order valence-corrected chi connectivity index (χ1v) is 8.56. The number of aliphatic hydroxyl groups excluding tert-OH is 1. The van der Waals surface area contributed by atoms with E-state index in [2.05, 4.69) is 11.9 Å². The Bertz CT molecular complexity index is 525. The molecule has 0 bridgehead atoms. The first kappa shape index (κ1) is 18.5. The van der Waals surface area contributed by atoms with Crippen molar-refractivity contribution in [1.82, 2.24) is 10.2 Å². The van der Waals surface area contributed by atoms with Crippen molar-refractivity contribution in [3.63, 3.8) is 0 Å². The number of hydrogen-bond acceptors (Lipinski definition) is 3. The van der Waals surface area contributed by atoms with E-state index in [9.17, 15) is 9.90 Å². The van der Waals surface area contributed by atoms with Crippen LogP contribution in [0.2, 0.25) is 0 Å². The van der Waals surface area contributed by atoms with E-state index in [1.807, 2.05) is 42.2 Å². The molecule has 5 nitrogen and oxygen atoms in total. The molecule has 1 atom stereocenters. The Labute approximate surface area is 144 Å². The zero-order valence-electron chi connectivity index (χ0n) is 14.4. The zero-order valence-corrected chi connectivity index (χ0v) is 14.4. The number of aliphatic hydroxyl groups is 1. The summed E-state index contributed by atoms with van der Waals surface area (Å²) in [5.74, 6) is 0.204. The van der Waals surface area contributed by atoms with Crippen molar-refractivity contribution in [3.05, 3.63) is 48.0 Å². The van der Waals surface area contributed by atoms with E-state index in [1.54, 1.807) is 0 Å². The summed E-state index contributed by atoms with van der Waals surface area (Å²) in [5.41, 5.74) is 1.93. The fourth-order valence-corrected chi connectivity index (χ4v) is 2.93. The van der Waals surface area contributed by atoms with Crippen LogP contribution in [0.25, 0.3) is 0 Å². The number of piperidine rings is 1. The van der Waals surface area contributed by atoms with Crippen LogP contribution in [0.4, 0.5) is 4.79 Å². The molecule has 1 saturated heterocycles. The van der Waals surface area contributed by atoms with Crippen molar-refractivity contribution in [3.8, 4) is 0 Å². The van der Waals surface area contributed by atoms with Gasteiger partial charge < -0.3 is 20.1 Å². The number of nitrogens with one attached hydrogen (secondary N) is 1. The largest absolute Gasteiger partial charge is 0.388 e. The topological polar surface area (TPSA) is 61.8 Å². The average molecular weight is 332 g/mol. The fourth-order valence-electron chi connectivity index (χ4n) is 2.93. The van der Waals surface area contributed by atoms with Crippen LogP contribution in [-0.2, 0) is 4.74 Å². The molecule has 1 aliphatic heterocycles. The third-order valence-corrected chi connectivity index (χ3v) is 4.29. The minimum absolute atomic E-state index is 0.0541. The van der Waals surface area contributed by atoms with Gasteiger partial charge in [-0.3, -0.25) is 0 Å². The van der Waals surface area contributed by atoms with Crippen LogP contribution < -0.4 is 5.32 Å². The van der Waals surface area contributed by atoms with Crippen LogP contribution >= 0.6 is 0 Å². The van der Waals surface area contributed by atoms with Crippen molar-refractivity contribution >= 4 is 6.03 Å². The van der Waals surface area contributed by atoms with Crippen molar-refractivity contribution in [2.24, 2.45) is 5.92 Å². The van der Waals surface area contributed by atoms with Gasteiger partial charge in [-0.1, -0.05) is 42.5 Å². The molecule has 1 fully saturated rings. The minimum Gasteiger partial charge on any atom is -0.388 e. The number of amides is 2. The Morgan fingerprint density at radius 1 is 1.38 bits per heavy atom. The number of ether oxygens (including phenoxy) is 1. The smallest absolute Gasteiger partial charge is 0.317 e. The molecule has 5 heteroatoms. The van der Waals surface area contributed by atoms with E-state index < -0.39 is 6.10 Å². The highest BCUT2D eigenvalue weighted by atomic mass is 16.5. The highest BCUT2D eigenvalue weighted by Gasteiger charge is 2.28. The van der Waals surface area contributed by atoms with Crippen LogP contribution in [0.15, 0.2) is 42.5 Å². The van der Waals surface area contributed by atoms with Crippen molar-refractivity contribution in [2.45, 2.75) is 25.9 Å². The van der Waals surface area contributed by atoms with Gasteiger partial charge in [0.05, 0.1) is 19.3 Å². The molecule has 1 aromatic rings. The Kier molecular flexibility index (Phi) is 7.28. The second kappa shape index (κ2) is 9.45. The first-order chi connectivity index (χ1) is 11.6. The SMILES string of the molecule is C=C(C)COCCNC(=O)N1CCC(C(O)c2ccccc2)CC1. The number of rotatable bonds is 7. The van der Waals surface area contributed by atoms with Gasteiger partial charge >= 0.3 is 6.03 Å². The molecule has 0 aliphatic carbocycles. The van der Waals surface area contributed by atoms with Gasteiger partial charge in [0, 0.05) is 19.6 Å². The summed E-state index contributed by atoms with van der Waals surface area (Å²) in [6, 6.07) is 9.68. The molecule has 24 heavy (non-hydrogen) atoms. The third kappa shape index (κ3) is 5.65. The summed E-state index contributed by atoms with van der Waals surface area (Å²) in [7, 11) is 0. The van der Waals surface area contributed by atoms with Crippen molar-refractivity contribution < 1.29 is 14.6 Å². The zero-order chi connectivity index (χ0) is 17.4. The van der Waals surface area contributed by atoms with Crippen LogP contribution in [0.5, 0.6) is 0 Å². The van der Waals surface area contributed by atoms with Gasteiger partial charge in [-0.05, 0) is 31.2 Å². The first-order valence-electron chi connectivity index (χ1n) is 8.56. The number of nitrogens with zero attached hydrogens (tertiary/aromatic N) is 1. The Morgan fingerprint density at radius 2 is 2.04 bits per heavy atom. The molecular weight excluding hydrogens is 304 g/mol. The maximum atomic E-state index is 12.1. The number of carbonyl (C=O) groups is 1. The maximum absolute atomic E-state index is 12.1. The third-order valence-electron chi connectivity index (χ3n) is 4.29. The minimum atomic E-state index is -0.452. The molecule has 0 radical (unpaired) electrons. The molecule has 1 aromatic carbocycles. The lowest BCUT2D eigenvalue weighted by atomic mass is 9.87. The van der Waals surface area contributed by atoms with Crippen LogP contribution in [0.1, 0.15) is 31.4 Å². The standard InChI is InChI=1S/C19H28N2O3/c1-15(2)14-24-13-10-20-19(23)21-11-8-17(9-12-21)18(22)16-6-4-3-5-7-16/h3-7,17-18,22H,1,8-14H2,2H3,(H,20,23). The van der Waals surface area contributed by atoms with Crippen molar-refractivity contribution in [2.75, 3.05) is 32.8 Å². The summed E-state index contributed by atoms with van der Waals surface area (Å²) in [4.78, 5) is 13.9. The Morgan fingerprint density at radius 3 is 2.67 bits per heavy atom. The van der Waals surface area contributed by atoms with E-state index in [0.29, 0.717) is 32.8 Å². The van der Waals surface area contributed by atoms with Gasteiger partial charge in [0.25, 0.3) is 0 Å². The van der Waals surface area contributed by atoms with Gasteiger partial charge in [0.2, 0.25) is 0 Å². The highest BCUT2D eigenvalue weighted by Crippen LogP contribution is 2.30. The molecule has 1 aliphatic rings. The van der Waals surface area contributed by atoms with Gasteiger partial charge in [-0.25, -0.2) is 4.79 Å². The number of likely N-dealkylation sites (tertiary alicyclic amines) is 1. The Balaban J connectivity index is 1.68. The molecule has 0 spiro atoms. The van der Waals surface area contributed by atoms with E-state index >= 15 is 0 Å². The number of urea groups is 1. The van der Waals surface area contributed by atoms with Crippen LogP contribution in [-0.4, -0.2) is 48.9 Å². The Hall–Kier alpha value is -1.85. The summed E-state index contributed by atoms with van der Waals surface area (Å²) in [5, 5.41) is 13.3. The predicted molar refractivity (Wildman–Crippen MR) is 94.7 cm³/mol. The lowest BCUT2D eigenvalue weighted by Crippen LogP contribution is -2.45. The van der Waals surface area contributed by atoms with Gasteiger partial charge in [0.1, 0.15) is 0 Å². The molecule has 2 amide bonds. The van der Waals surface area contributed by atoms with Gasteiger partial charge in [-0.2, -0.15) is 0 Å². The maximum Gasteiger partial charge on any atom is 0.317 e. The predicted octanol–water partition coefficient (Wildman–Crippen LogP) is 2.73. The van der Waals surface area contributed by atoms with E-state index in [1.165, 1.54) is 0 Å². The quantitative estimate of drug-likeness (QED) is 0.596. The second-order valence-electron chi connectivity index (χ2n) is 6.42. The van der Waals surface area contributed by atoms with Crippen molar-refractivity contribution in [1.29, 1.82) is 0 Å². The lowest BCUT2D eigenvalue weighted by molar-refractivity contribution is 0.0661. The molecule has 0 aromatic heterocycles. The molecule has 1 unspecified atom stereocenters. The monoisotopic (exact) mass is 332 g/mol. The molecular formula is C19H28N2O3. The summed E-state index contributed by atoms with van der Waals surface area (Å²) in [6.45, 7) is 8.53. The summed E-state index contributed by atoms with van der Waals surface area (Å²) >= 11 is 0. The number of benzene rings is 1. The average Bonchev–Trinajstić information content (AvgIpc) is 2.61. The van der Waals surface area contributed by atoms with Crippen LogP contribution in [0.3, 0.4) is 0 Å². The molecule has 0 saturated carbocycles. The summed E-state index contributed by atoms with van der Waals surface area (Å²) in [6.07, 6.45) is 1.18. The number of carbonyl (C=O) groups excluding carboxylic acids is 1. The van der Waals surface area contributed by atoms with Gasteiger partial charge in [-0.15, -0.1) is 0 Å². The molecule has 2 N–H and O–H groups in total. The highest BCUT2D eigenvalue weighted by molar-refractivity contribution is 5.74. The normalized spacial score (nSPS) is 16.7. The molecule has 1 heterocycles. The number of hydrogen-bond donors (Lipinski definition) is 2. The van der Waals surface area contributed by atoms with Crippen LogP contribution in [0, 0.1) is 5.92 Å². The van der Waals surface area contributed by atoms with E-state index in [4.69, 9.17) is 4.74 Å². The lowest BCUT2D eigenvalue weighted by Gasteiger charge is -2.34. The van der Waals surface area contributed by atoms with E-state index in [0.717, 1.165) is 24.0 Å². The molecule has 2 rings (SSSR count). The molecule has 132 valence electrons.